The first-order valence-corrected chi connectivity index (χ1v) is 12.1. The van der Waals surface area contributed by atoms with E-state index in [2.05, 4.69) is 0 Å². The molecule has 0 spiro atoms. The lowest BCUT2D eigenvalue weighted by molar-refractivity contribution is -0.136. The van der Waals surface area contributed by atoms with Gasteiger partial charge in [0.2, 0.25) is 0 Å². The van der Waals surface area contributed by atoms with Gasteiger partial charge >= 0.3 is 5.97 Å². The number of fused-ring (bicyclic) bond motifs is 1. The van der Waals surface area contributed by atoms with E-state index in [0.29, 0.717) is 32.6 Å². The van der Waals surface area contributed by atoms with Crippen LogP contribution in [-0.4, -0.2) is 23.5 Å². The van der Waals surface area contributed by atoms with Crippen molar-refractivity contribution in [1.29, 1.82) is 0 Å². The SMILES string of the molecule is O=C(O)CCc1cn(S(=O)(=O)c2c(-c3ccccc3)ccc(Cl)c2Cl)c2ccc(Cl)cc12. The summed E-state index contributed by atoms with van der Waals surface area (Å²) in [6.45, 7) is 0. The van der Waals surface area contributed by atoms with Gasteiger partial charge in [-0.15, -0.1) is 0 Å². The highest BCUT2D eigenvalue weighted by Crippen LogP contribution is 2.40. The van der Waals surface area contributed by atoms with Crippen LogP contribution in [0.3, 0.4) is 0 Å². The van der Waals surface area contributed by atoms with Gasteiger partial charge in [0.05, 0.1) is 15.6 Å². The third kappa shape index (κ3) is 4.11. The van der Waals surface area contributed by atoms with Gasteiger partial charge in [-0.1, -0.05) is 71.2 Å². The van der Waals surface area contributed by atoms with E-state index in [1.54, 1.807) is 54.6 Å². The number of aliphatic carboxylic acids is 1. The molecule has 9 heteroatoms. The molecule has 5 nitrogen and oxygen atoms in total. The fraction of sp³-hybridized carbons (Fsp3) is 0.0870. The fourth-order valence-corrected chi connectivity index (χ4v) is 6.13. The number of halogens is 3. The van der Waals surface area contributed by atoms with Crippen LogP contribution in [0.4, 0.5) is 0 Å². The zero-order valence-electron chi connectivity index (χ0n) is 16.4. The topological polar surface area (TPSA) is 76.4 Å². The Hall–Kier alpha value is -2.51. The summed E-state index contributed by atoms with van der Waals surface area (Å²) in [5, 5.41) is 10.1. The molecule has 1 heterocycles. The van der Waals surface area contributed by atoms with Crippen molar-refractivity contribution >= 4 is 61.7 Å². The Morgan fingerprint density at radius 2 is 1.69 bits per heavy atom. The van der Waals surface area contributed by atoms with Crippen LogP contribution in [0.5, 0.6) is 0 Å². The largest absolute Gasteiger partial charge is 0.481 e. The van der Waals surface area contributed by atoms with Gasteiger partial charge in [0.15, 0.2) is 0 Å². The number of benzene rings is 3. The first-order chi connectivity index (χ1) is 15.2. The van der Waals surface area contributed by atoms with Crippen LogP contribution < -0.4 is 0 Å². The van der Waals surface area contributed by atoms with Gasteiger partial charge in [0.1, 0.15) is 4.90 Å². The molecule has 0 aliphatic heterocycles. The van der Waals surface area contributed by atoms with Gasteiger partial charge in [-0.05, 0) is 41.8 Å². The average Bonchev–Trinajstić information content (AvgIpc) is 3.13. The molecule has 4 aromatic rings. The second-order valence-electron chi connectivity index (χ2n) is 7.11. The van der Waals surface area contributed by atoms with Crippen molar-refractivity contribution in [2.45, 2.75) is 17.7 Å². The summed E-state index contributed by atoms with van der Waals surface area (Å²) in [6.07, 6.45) is 1.41. The molecule has 0 fully saturated rings. The maximum Gasteiger partial charge on any atom is 0.303 e. The predicted octanol–water partition coefficient (Wildman–Crippen LogP) is 6.52. The van der Waals surface area contributed by atoms with Crippen LogP contribution in [0.25, 0.3) is 22.0 Å². The third-order valence-corrected chi connectivity index (χ3v) is 7.99. The summed E-state index contributed by atoms with van der Waals surface area (Å²) >= 11 is 18.8. The Bertz CT molecular complexity index is 1450. The number of hydrogen-bond donors (Lipinski definition) is 1. The predicted molar refractivity (Wildman–Crippen MR) is 127 cm³/mol. The molecule has 164 valence electrons. The molecule has 32 heavy (non-hydrogen) atoms. The molecule has 1 N–H and O–H groups in total. The first-order valence-electron chi connectivity index (χ1n) is 9.50. The molecule has 0 amide bonds. The summed E-state index contributed by atoms with van der Waals surface area (Å²) in [6, 6.07) is 16.9. The maximum atomic E-state index is 13.9. The molecule has 0 bridgehead atoms. The van der Waals surface area contributed by atoms with Gasteiger partial charge in [0, 0.05) is 28.6 Å². The molecular formula is C23H16Cl3NO4S. The lowest BCUT2D eigenvalue weighted by atomic mass is 10.1. The summed E-state index contributed by atoms with van der Waals surface area (Å²) in [7, 11) is -4.22. The molecule has 0 saturated heterocycles. The second kappa shape index (κ2) is 8.79. The smallest absolute Gasteiger partial charge is 0.303 e. The molecule has 1 aromatic heterocycles. The van der Waals surface area contributed by atoms with Crippen LogP contribution >= 0.6 is 34.8 Å². The standard InChI is InChI=1S/C23H16Cl3NO4S/c24-16-7-10-20-18(12-16)15(6-11-21(28)29)13-27(20)32(30,31)23-17(8-9-19(25)22(23)26)14-4-2-1-3-5-14/h1-5,7-10,12-13H,6,11H2,(H,28,29). The van der Waals surface area contributed by atoms with Crippen LogP contribution in [0, 0.1) is 0 Å². The molecular weight excluding hydrogens is 493 g/mol. The van der Waals surface area contributed by atoms with Crippen LogP contribution in [-0.2, 0) is 21.2 Å². The number of aromatic nitrogens is 1. The Kier molecular flexibility index (Phi) is 6.23. The summed E-state index contributed by atoms with van der Waals surface area (Å²) in [5.41, 5.74) is 1.98. The van der Waals surface area contributed by atoms with Gasteiger partial charge < -0.3 is 5.11 Å². The average molecular weight is 509 g/mol. The zero-order chi connectivity index (χ0) is 23.0. The number of carbonyl (C=O) groups is 1. The van der Waals surface area contributed by atoms with Crippen LogP contribution in [0.15, 0.2) is 71.8 Å². The molecule has 4 rings (SSSR count). The third-order valence-electron chi connectivity index (χ3n) is 5.07. The van der Waals surface area contributed by atoms with Gasteiger partial charge in [-0.2, -0.15) is 0 Å². The van der Waals surface area contributed by atoms with Crippen molar-refractivity contribution in [1.82, 2.24) is 3.97 Å². The number of aryl methyl sites for hydroxylation is 1. The highest BCUT2D eigenvalue weighted by atomic mass is 35.5. The summed E-state index contributed by atoms with van der Waals surface area (Å²) < 4.78 is 29.0. The Morgan fingerprint density at radius 1 is 0.969 bits per heavy atom. The molecule has 0 aliphatic carbocycles. The minimum Gasteiger partial charge on any atom is -0.481 e. The molecule has 0 unspecified atom stereocenters. The van der Waals surface area contributed by atoms with Crippen molar-refractivity contribution in [3.05, 3.63) is 87.5 Å². The lowest BCUT2D eigenvalue weighted by Crippen LogP contribution is -2.14. The number of hydrogen-bond acceptors (Lipinski definition) is 3. The number of nitrogens with zero attached hydrogens (tertiary/aromatic N) is 1. The van der Waals surface area contributed by atoms with Crippen LogP contribution in [0.1, 0.15) is 12.0 Å². The molecule has 0 aliphatic rings. The molecule has 0 atom stereocenters. The van der Waals surface area contributed by atoms with Crippen molar-refractivity contribution in [2.75, 3.05) is 0 Å². The lowest BCUT2D eigenvalue weighted by Gasteiger charge is -2.15. The number of rotatable bonds is 6. The zero-order valence-corrected chi connectivity index (χ0v) is 19.5. The molecule has 0 radical (unpaired) electrons. The van der Waals surface area contributed by atoms with Crippen molar-refractivity contribution in [2.24, 2.45) is 0 Å². The van der Waals surface area contributed by atoms with Crippen molar-refractivity contribution in [3.8, 4) is 11.1 Å². The van der Waals surface area contributed by atoms with Crippen molar-refractivity contribution in [3.63, 3.8) is 0 Å². The van der Waals surface area contributed by atoms with E-state index >= 15 is 0 Å². The van der Waals surface area contributed by atoms with E-state index in [4.69, 9.17) is 39.9 Å². The molecule has 3 aromatic carbocycles. The van der Waals surface area contributed by atoms with E-state index in [1.165, 1.54) is 6.20 Å². The Morgan fingerprint density at radius 3 is 2.38 bits per heavy atom. The van der Waals surface area contributed by atoms with Gasteiger partial charge in [-0.3, -0.25) is 4.79 Å². The Labute approximate surface area is 199 Å². The number of carboxylic acids is 1. The Balaban J connectivity index is 2.00. The number of carboxylic acid groups (broad SMARTS) is 1. The minimum atomic E-state index is -4.22. The fourth-order valence-electron chi connectivity index (χ4n) is 3.61. The quantitative estimate of drug-likeness (QED) is 0.321. The monoisotopic (exact) mass is 507 g/mol. The normalized spacial score (nSPS) is 11.7. The van der Waals surface area contributed by atoms with E-state index in [0.717, 1.165) is 3.97 Å². The van der Waals surface area contributed by atoms with Gasteiger partial charge in [0.25, 0.3) is 10.0 Å². The van der Waals surface area contributed by atoms with E-state index in [9.17, 15) is 13.2 Å². The minimum absolute atomic E-state index is 0.0871. The second-order valence-corrected chi connectivity index (χ2v) is 10.1. The highest BCUT2D eigenvalue weighted by Gasteiger charge is 2.29. The van der Waals surface area contributed by atoms with Gasteiger partial charge in [-0.25, -0.2) is 12.4 Å². The van der Waals surface area contributed by atoms with Crippen LogP contribution in [0.2, 0.25) is 15.1 Å². The van der Waals surface area contributed by atoms with E-state index < -0.39 is 16.0 Å². The molecule has 0 saturated carbocycles. The summed E-state index contributed by atoms with van der Waals surface area (Å²) in [5.74, 6) is -0.986. The first kappa shape index (κ1) is 22.7. The maximum absolute atomic E-state index is 13.9. The van der Waals surface area contributed by atoms with Crippen molar-refractivity contribution < 1.29 is 18.3 Å². The van der Waals surface area contributed by atoms with E-state index in [-0.39, 0.29) is 27.8 Å². The summed E-state index contributed by atoms with van der Waals surface area (Å²) in [4.78, 5) is 11.0. The van der Waals surface area contributed by atoms with E-state index in [1.807, 2.05) is 6.07 Å². The highest BCUT2D eigenvalue weighted by molar-refractivity contribution is 7.90.